The van der Waals surface area contributed by atoms with Gasteiger partial charge in [-0.15, -0.1) is 0 Å². The van der Waals surface area contributed by atoms with Gasteiger partial charge in [-0.1, -0.05) is 57.5 Å². The lowest BCUT2D eigenvalue weighted by atomic mass is 9.93. The fraction of sp³-hybridized carbons (Fsp3) is 0.517. The van der Waals surface area contributed by atoms with Gasteiger partial charge in [-0.25, -0.2) is 8.42 Å². The number of ketones is 1. The summed E-state index contributed by atoms with van der Waals surface area (Å²) in [7, 11) is -3.55. The van der Waals surface area contributed by atoms with Gasteiger partial charge in [0.25, 0.3) is 5.91 Å². The molecular weight excluding hydrogens is 504 g/mol. The normalized spacial score (nSPS) is 12.4. The molecule has 0 fully saturated rings. The van der Waals surface area contributed by atoms with Gasteiger partial charge in [0.05, 0.1) is 37.1 Å². The molecular formula is C29H42N2O6S. The number of benzene rings is 2. The van der Waals surface area contributed by atoms with Gasteiger partial charge in [-0.05, 0) is 31.2 Å². The lowest BCUT2D eigenvalue weighted by Crippen LogP contribution is -2.38. The summed E-state index contributed by atoms with van der Waals surface area (Å²) in [5, 5.41) is 2.92. The van der Waals surface area contributed by atoms with Gasteiger partial charge in [0, 0.05) is 41.5 Å². The van der Waals surface area contributed by atoms with E-state index in [1.54, 1.807) is 48.5 Å². The summed E-state index contributed by atoms with van der Waals surface area (Å²) in [6.07, 6.45) is -0.133. The van der Waals surface area contributed by atoms with Crippen molar-refractivity contribution in [3.8, 4) is 0 Å². The molecule has 2 aromatic rings. The zero-order valence-electron chi connectivity index (χ0n) is 23.2. The lowest BCUT2D eigenvalue weighted by Gasteiger charge is -2.29. The molecule has 8 nitrogen and oxygen atoms in total. The standard InChI is InChI=1S/C29H42N2O6S/c1-22-6-12-25(13-7-22)38(34,35)17-14-26(32)23-8-10-24(11-9-23)27(33)31-18-28(2,3)19-37-21-29(4,5)20-36-16-15-30/h6-13H,14-21,30H2,1-5H3,(H,31,33). The summed E-state index contributed by atoms with van der Waals surface area (Å²) < 4.78 is 36.5. The molecule has 2 aromatic carbocycles. The second-order valence-electron chi connectivity index (χ2n) is 11.2. The van der Waals surface area contributed by atoms with Gasteiger partial charge in [-0.3, -0.25) is 9.59 Å². The smallest absolute Gasteiger partial charge is 0.251 e. The summed E-state index contributed by atoms with van der Waals surface area (Å²) >= 11 is 0. The summed E-state index contributed by atoms with van der Waals surface area (Å²) in [5.41, 5.74) is 6.78. The number of hydrogen-bond donors (Lipinski definition) is 2. The van der Waals surface area contributed by atoms with E-state index in [9.17, 15) is 18.0 Å². The third-order valence-corrected chi connectivity index (χ3v) is 7.65. The Labute approximate surface area is 227 Å². The Balaban J connectivity index is 1.82. The minimum absolute atomic E-state index is 0.133. The molecule has 0 unspecified atom stereocenters. The minimum Gasteiger partial charge on any atom is -0.380 e. The largest absolute Gasteiger partial charge is 0.380 e. The quantitative estimate of drug-likeness (QED) is 0.242. The van der Waals surface area contributed by atoms with E-state index in [1.807, 2.05) is 20.8 Å². The Kier molecular flexibility index (Phi) is 11.6. The summed E-state index contributed by atoms with van der Waals surface area (Å²) in [4.78, 5) is 25.4. The number of nitrogens with two attached hydrogens (primary N) is 1. The first-order chi connectivity index (χ1) is 17.7. The van der Waals surface area contributed by atoms with Gasteiger partial charge in [0.15, 0.2) is 15.6 Å². The van der Waals surface area contributed by atoms with Crippen LogP contribution in [0.5, 0.6) is 0 Å². The average molecular weight is 547 g/mol. The van der Waals surface area contributed by atoms with E-state index in [0.717, 1.165) is 5.56 Å². The van der Waals surface area contributed by atoms with E-state index in [-0.39, 0.29) is 39.6 Å². The fourth-order valence-electron chi connectivity index (χ4n) is 3.59. The van der Waals surface area contributed by atoms with Crippen LogP contribution in [0, 0.1) is 17.8 Å². The zero-order chi connectivity index (χ0) is 28.4. The van der Waals surface area contributed by atoms with Crippen LogP contribution in [0.15, 0.2) is 53.4 Å². The highest BCUT2D eigenvalue weighted by Gasteiger charge is 2.24. The molecule has 0 atom stereocenters. The van der Waals surface area contributed by atoms with Crippen LogP contribution < -0.4 is 11.1 Å². The molecule has 0 saturated heterocycles. The second kappa shape index (κ2) is 14.0. The predicted octanol–water partition coefficient (Wildman–Crippen LogP) is 3.82. The molecule has 0 heterocycles. The van der Waals surface area contributed by atoms with Crippen molar-refractivity contribution in [1.82, 2.24) is 5.32 Å². The Morgan fingerprint density at radius 3 is 2.00 bits per heavy atom. The number of aryl methyl sites for hydroxylation is 1. The highest BCUT2D eigenvalue weighted by atomic mass is 32.2. The van der Waals surface area contributed by atoms with Gasteiger partial charge in [-0.2, -0.15) is 0 Å². The molecule has 0 aromatic heterocycles. The third-order valence-electron chi connectivity index (χ3n) is 5.92. The van der Waals surface area contributed by atoms with Crippen LogP contribution in [-0.2, 0) is 19.3 Å². The van der Waals surface area contributed by atoms with Crippen molar-refractivity contribution in [2.24, 2.45) is 16.6 Å². The van der Waals surface area contributed by atoms with Crippen molar-refractivity contribution in [3.05, 3.63) is 65.2 Å². The average Bonchev–Trinajstić information content (AvgIpc) is 2.86. The van der Waals surface area contributed by atoms with Crippen LogP contribution in [0.1, 0.15) is 60.4 Å². The number of ether oxygens (including phenoxy) is 2. The fourth-order valence-corrected chi connectivity index (χ4v) is 4.83. The van der Waals surface area contributed by atoms with E-state index < -0.39 is 9.84 Å². The van der Waals surface area contributed by atoms with E-state index in [4.69, 9.17) is 15.2 Å². The number of sulfone groups is 1. The molecule has 38 heavy (non-hydrogen) atoms. The van der Waals surface area contributed by atoms with Crippen LogP contribution >= 0.6 is 0 Å². The summed E-state index contributed by atoms with van der Waals surface area (Å²) in [6, 6.07) is 12.8. The summed E-state index contributed by atoms with van der Waals surface area (Å²) in [5.74, 6) is -0.816. The van der Waals surface area contributed by atoms with Crippen molar-refractivity contribution in [3.63, 3.8) is 0 Å². The number of nitrogens with one attached hydrogen (secondary N) is 1. The SMILES string of the molecule is Cc1ccc(S(=O)(=O)CCC(=O)c2ccc(C(=O)NCC(C)(C)COCC(C)(C)COCCN)cc2)cc1. The van der Waals surface area contributed by atoms with Gasteiger partial charge in [0.2, 0.25) is 0 Å². The highest BCUT2D eigenvalue weighted by Crippen LogP contribution is 2.20. The Bertz CT molecular complexity index is 1160. The van der Waals surface area contributed by atoms with Crippen LogP contribution in [0.3, 0.4) is 0 Å². The topological polar surface area (TPSA) is 125 Å². The van der Waals surface area contributed by atoms with E-state index >= 15 is 0 Å². The van der Waals surface area contributed by atoms with Gasteiger partial charge in [0.1, 0.15) is 0 Å². The molecule has 0 aliphatic rings. The number of amides is 1. The van der Waals surface area contributed by atoms with Crippen LogP contribution in [0.2, 0.25) is 0 Å². The van der Waals surface area contributed by atoms with E-state index in [1.165, 1.54) is 0 Å². The third kappa shape index (κ3) is 10.6. The highest BCUT2D eigenvalue weighted by molar-refractivity contribution is 7.91. The lowest BCUT2D eigenvalue weighted by molar-refractivity contribution is -0.0233. The van der Waals surface area contributed by atoms with Crippen LogP contribution in [-0.4, -0.2) is 65.4 Å². The Morgan fingerprint density at radius 2 is 1.39 bits per heavy atom. The molecule has 2 rings (SSSR count). The van der Waals surface area contributed by atoms with Crippen molar-refractivity contribution >= 4 is 21.5 Å². The first-order valence-electron chi connectivity index (χ1n) is 12.8. The molecule has 0 radical (unpaired) electrons. The Morgan fingerprint density at radius 1 is 0.842 bits per heavy atom. The second-order valence-corrected chi connectivity index (χ2v) is 13.3. The first-order valence-corrected chi connectivity index (χ1v) is 14.5. The molecule has 9 heteroatoms. The van der Waals surface area contributed by atoms with Crippen molar-refractivity contribution in [1.29, 1.82) is 0 Å². The zero-order valence-corrected chi connectivity index (χ0v) is 24.0. The van der Waals surface area contributed by atoms with Crippen molar-refractivity contribution in [2.75, 3.05) is 45.3 Å². The van der Waals surface area contributed by atoms with Gasteiger partial charge >= 0.3 is 0 Å². The van der Waals surface area contributed by atoms with Crippen molar-refractivity contribution < 1.29 is 27.5 Å². The van der Waals surface area contributed by atoms with E-state index in [2.05, 4.69) is 19.2 Å². The van der Waals surface area contributed by atoms with Crippen molar-refractivity contribution in [2.45, 2.75) is 45.9 Å². The maximum absolute atomic E-state index is 12.6. The number of rotatable bonds is 16. The van der Waals surface area contributed by atoms with Crippen LogP contribution in [0.25, 0.3) is 0 Å². The van der Waals surface area contributed by atoms with Gasteiger partial charge < -0.3 is 20.5 Å². The summed E-state index contributed by atoms with van der Waals surface area (Å²) in [6.45, 7) is 13.0. The van der Waals surface area contributed by atoms with Crippen LogP contribution in [0.4, 0.5) is 0 Å². The molecule has 3 N–H and O–H groups in total. The molecule has 210 valence electrons. The minimum atomic E-state index is -3.55. The molecule has 0 aliphatic heterocycles. The molecule has 0 aliphatic carbocycles. The number of hydrogen-bond acceptors (Lipinski definition) is 7. The monoisotopic (exact) mass is 546 g/mol. The Hall–Kier alpha value is -2.59. The molecule has 0 bridgehead atoms. The maximum Gasteiger partial charge on any atom is 0.251 e. The number of carbonyl (C=O) groups excluding carboxylic acids is 2. The number of carbonyl (C=O) groups is 2. The maximum atomic E-state index is 12.6. The predicted molar refractivity (Wildman–Crippen MR) is 149 cm³/mol. The molecule has 1 amide bonds. The van der Waals surface area contributed by atoms with E-state index in [0.29, 0.717) is 50.6 Å². The first kappa shape index (κ1) is 31.6. The molecule has 0 spiro atoms. The molecule has 0 saturated carbocycles. The number of Topliss-reactive ketones (excluding diaryl/α,β-unsaturated/α-hetero) is 1.